The van der Waals surface area contributed by atoms with Crippen LogP contribution in [0.15, 0.2) is 48.5 Å². The molecule has 2 aromatic rings. The Hall–Kier alpha value is -2.24. The summed E-state index contributed by atoms with van der Waals surface area (Å²) in [5.41, 5.74) is 2.65. The van der Waals surface area contributed by atoms with Crippen molar-refractivity contribution in [3.8, 4) is 0 Å². The molecule has 26 heavy (non-hydrogen) atoms. The number of rotatable bonds is 5. The van der Waals surface area contributed by atoms with Gasteiger partial charge in [-0.15, -0.1) is 0 Å². The van der Waals surface area contributed by atoms with Crippen molar-refractivity contribution in [3.05, 3.63) is 65.5 Å². The first-order valence-corrected chi connectivity index (χ1v) is 9.11. The standard InChI is InChI=1S/C21H26FN3O/c1-16-7-3-6-10-20(16)23-21(26)17(2)25-13-11-24(12-14-25)15-18-8-4-5-9-19(18)22/h3-10,17H,11-15H2,1-2H3,(H,23,26)/t17-/m0/s1. The van der Waals surface area contributed by atoms with Gasteiger partial charge in [-0.05, 0) is 31.5 Å². The Bertz CT molecular complexity index is 756. The van der Waals surface area contributed by atoms with Crippen LogP contribution in [-0.2, 0) is 11.3 Å². The molecule has 0 bridgehead atoms. The van der Waals surface area contributed by atoms with E-state index in [0.29, 0.717) is 6.54 Å². The van der Waals surface area contributed by atoms with Gasteiger partial charge in [-0.2, -0.15) is 0 Å². The summed E-state index contributed by atoms with van der Waals surface area (Å²) >= 11 is 0. The SMILES string of the molecule is Cc1ccccc1NC(=O)[C@H](C)N1CCN(Cc2ccccc2F)CC1. The molecule has 0 aliphatic carbocycles. The molecule has 0 unspecified atom stereocenters. The molecule has 0 radical (unpaired) electrons. The number of halogens is 1. The van der Waals surface area contributed by atoms with Crippen molar-refractivity contribution >= 4 is 11.6 Å². The van der Waals surface area contributed by atoms with Crippen LogP contribution >= 0.6 is 0 Å². The van der Waals surface area contributed by atoms with Crippen molar-refractivity contribution in [1.82, 2.24) is 9.80 Å². The molecule has 138 valence electrons. The number of benzene rings is 2. The summed E-state index contributed by atoms with van der Waals surface area (Å²) in [7, 11) is 0. The third kappa shape index (κ3) is 4.48. The minimum Gasteiger partial charge on any atom is -0.324 e. The quantitative estimate of drug-likeness (QED) is 0.894. The average Bonchev–Trinajstić information content (AvgIpc) is 2.65. The van der Waals surface area contributed by atoms with E-state index < -0.39 is 0 Å². The third-order valence-corrected chi connectivity index (χ3v) is 5.09. The molecule has 1 amide bonds. The van der Waals surface area contributed by atoms with Gasteiger partial charge in [-0.3, -0.25) is 14.6 Å². The van der Waals surface area contributed by atoms with Crippen LogP contribution in [0, 0.1) is 12.7 Å². The van der Waals surface area contributed by atoms with Gasteiger partial charge in [0.1, 0.15) is 5.82 Å². The van der Waals surface area contributed by atoms with Crippen molar-refractivity contribution in [1.29, 1.82) is 0 Å². The van der Waals surface area contributed by atoms with E-state index in [1.807, 2.05) is 50.2 Å². The lowest BCUT2D eigenvalue weighted by molar-refractivity contribution is -0.121. The molecule has 1 N–H and O–H groups in total. The van der Waals surface area contributed by atoms with Crippen molar-refractivity contribution in [2.24, 2.45) is 0 Å². The first kappa shape index (κ1) is 18.5. The smallest absolute Gasteiger partial charge is 0.241 e. The van der Waals surface area contributed by atoms with E-state index in [4.69, 9.17) is 0 Å². The summed E-state index contributed by atoms with van der Waals surface area (Å²) in [6.07, 6.45) is 0. The Labute approximate surface area is 154 Å². The Morgan fingerprint density at radius 1 is 1.08 bits per heavy atom. The molecular weight excluding hydrogens is 329 g/mol. The van der Waals surface area contributed by atoms with Gasteiger partial charge >= 0.3 is 0 Å². The van der Waals surface area contributed by atoms with E-state index in [0.717, 1.165) is 43.0 Å². The Morgan fingerprint density at radius 3 is 2.42 bits per heavy atom. The molecular formula is C21H26FN3O. The maximum Gasteiger partial charge on any atom is 0.241 e. The van der Waals surface area contributed by atoms with Crippen LogP contribution in [0.3, 0.4) is 0 Å². The zero-order chi connectivity index (χ0) is 18.5. The highest BCUT2D eigenvalue weighted by Gasteiger charge is 2.26. The van der Waals surface area contributed by atoms with Crippen LogP contribution in [0.1, 0.15) is 18.1 Å². The van der Waals surface area contributed by atoms with E-state index in [9.17, 15) is 9.18 Å². The number of carbonyl (C=O) groups is 1. The van der Waals surface area contributed by atoms with Crippen molar-refractivity contribution < 1.29 is 9.18 Å². The molecule has 3 rings (SSSR count). The van der Waals surface area contributed by atoms with Crippen molar-refractivity contribution in [3.63, 3.8) is 0 Å². The van der Waals surface area contributed by atoms with Gasteiger partial charge in [0.25, 0.3) is 0 Å². The fourth-order valence-corrected chi connectivity index (χ4v) is 3.29. The van der Waals surface area contributed by atoms with Crippen LogP contribution in [-0.4, -0.2) is 47.9 Å². The van der Waals surface area contributed by atoms with Gasteiger partial charge in [0.05, 0.1) is 6.04 Å². The van der Waals surface area contributed by atoms with Gasteiger partial charge in [-0.25, -0.2) is 4.39 Å². The minimum absolute atomic E-state index is 0.0156. The molecule has 1 aliphatic heterocycles. The number of anilines is 1. The lowest BCUT2D eigenvalue weighted by Crippen LogP contribution is -2.52. The van der Waals surface area contributed by atoms with E-state index in [1.165, 1.54) is 6.07 Å². The molecule has 2 aromatic carbocycles. The number of nitrogens with one attached hydrogen (secondary N) is 1. The van der Waals surface area contributed by atoms with E-state index in [1.54, 1.807) is 6.07 Å². The van der Waals surface area contributed by atoms with Gasteiger partial charge < -0.3 is 5.32 Å². The third-order valence-electron chi connectivity index (χ3n) is 5.09. The highest BCUT2D eigenvalue weighted by Crippen LogP contribution is 2.16. The summed E-state index contributed by atoms with van der Waals surface area (Å²) in [6, 6.07) is 14.5. The van der Waals surface area contributed by atoms with E-state index >= 15 is 0 Å². The zero-order valence-corrected chi connectivity index (χ0v) is 15.4. The van der Waals surface area contributed by atoms with Crippen LogP contribution in [0.25, 0.3) is 0 Å². The van der Waals surface area contributed by atoms with Gasteiger partial charge in [0.15, 0.2) is 0 Å². The number of carbonyl (C=O) groups excluding carboxylic acids is 1. The number of hydrogen-bond acceptors (Lipinski definition) is 3. The number of hydrogen-bond donors (Lipinski definition) is 1. The monoisotopic (exact) mass is 355 g/mol. The molecule has 1 fully saturated rings. The predicted molar refractivity (Wildman–Crippen MR) is 103 cm³/mol. The highest BCUT2D eigenvalue weighted by atomic mass is 19.1. The molecule has 1 saturated heterocycles. The molecule has 0 spiro atoms. The number of para-hydroxylation sites is 1. The summed E-state index contributed by atoms with van der Waals surface area (Å²) < 4.78 is 13.8. The maximum atomic E-state index is 13.8. The number of piperazine rings is 1. The Morgan fingerprint density at radius 2 is 1.73 bits per heavy atom. The lowest BCUT2D eigenvalue weighted by atomic mass is 10.1. The second-order valence-corrected chi connectivity index (χ2v) is 6.88. The second-order valence-electron chi connectivity index (χ2n) is 6.88. The largest absolute Gasteiger partial charge is 0.324 e. The highest BCUT2D eigenvalue weighted by molar-refractivity contribution is 5.95. The maximum absolute atomic E-state index is 13.8. The summed E-state index contributed by atoms with van der Waals surface area (Å²) in [4.78, 5) is 17.0. The molecule has 5 heteroatoms. The van der Waals surface area contributed by atoms with Gasteiger partial charge in [0.2, 0.25) is 5.91 Å². The van der Waals surface area contributed by atoms with E-state index in [-0.39, 0.29) is 17.8 Å². The Kier molecular flexibility index (Phi) is 6.01. The van der Waals surface area contributed by atoms with Crippen LogP contribution < -0.4 is 5.32 Å². The topological polar surface area (TPSA) is 35.6 Å². The normalized spacial score (nSPS) is 17.0. The van der Waals surface area contributed by atoms with E-state index in [2.05, 4.69) is 15.1 Å². The van der Waals surface area contributed by atoms with Crippen molar-refractivity contribution in [2.45, 2.75) is 26.4 Å². The first-order chi connectivity index (χ1) is 12.5. The molecule has 4 nitrogen and oxygen atoms in total. The average molecular weight is 355 g/mol. The number of nitrogens with zero attached hydrogens (tertiary/aromatic N) is 2. The number of amides is 1. The first-order valence-electron chi connectivity index (χ1n) is 9.11. The zero-order valence-electron chi connectivity index (χ0n) is 15.4. The second kappa shape index (κ2) is 8.43. The lowest BCUT2D eigenvalue weighted by Gasteiger charge is -2.37. The minimum atomic E-state index is -0.190. The van der Waals surface area contributed by atoms with Gasteiger partial charge in [0, 0.05) is 44.0 Å². The summed E-state index contributed by atoms with van der Waals surface area (Å²) in [6.45, 7) is 7.81. The van der Waals surface area contributed by atoms with Gasteiger partial charge in [-0.1, -0.05) is 36.4 Å². The molecule has 1 aliphatic rings. The molecule has 1 heterocycles. The molecule has 1 atom stereocenters. The molecule has 0 aromatic heterocycles. The molecule has 0 saturated carbocycles. The van der Waals surface area contributed by atoms with Crippen LogP contribution in [0.4, 0.5) is 10.1 Å². The van der Waals surface area contributed by atoms with Crippen LogP contribution in [0.5, 0.6) is 0 Å². The predicted octanol–water partition coefficient (Wildman–Crippen LogP) is 3.28. The fraction of sp³-hybridized carbons (Fsp3) is 0.381. The fourth-order valence-electron chi connectivity index (χ4n) is 3.29. The summed E-state index contributed by atoms with van der Waals surface area (Å²) in [5, 5.41) is 3.02. The Balaban J connectivity index is 1.52. The van der Waals surface area contributed by atoms with Crippen LogP contribution in [0.2, 0.25) is 0 Å². The van der Waals surface area contributed by atoms with Crippen molar-refractivity contribution in [2.75, 3.05) is 31.5 Å². The number of aryl methyl sites for hydroxylation is 1. The summed E-state index contributed by atoms with van der Waals surface area (Å²) in [5.74, 6) is -0.136.